The molecule has 0 fully saturated rings. The van der Waals surface area contributed by atoms with Crippen molar-refractivity contribution >= 4 is 0 Å². The summed E-state index contributed by atoms with van der Waals surface area (Å²) >= 11 is 0. The SMILES string of the molecule is C.C.C.C.C.CC.CC.CC.CC.COC.COC.COC.c1ccccc1.c1ccccc1.c1ccccc1.c1ccccc1. The van der Waals surface area contributed by atoms with Gasteiger partial charge in [0.15, 0.2) is 0 Å². The molecule has 0 aromatic heterocycles. The van der Waals surface area contributed by atoms with Crippen LogP contribution in [0.1, 0.15) is 92.5 Å². The molecule has 4 rings (SSSR count). The third-order valence-corrected chi connectivity index (χ3v) is 2.67. The van der Waals surface area contributed by atoms with Crippen LogP contribution in [-0.4, -0.2) is 42.7 Å². The summed E-state index contributed by atoms with van der Waals surface area (Å²) in [5.41, 5.74) is 0. The zero-order valence-electron chi connectivity index (χ0n) is 29.1. The van der Waals surface area contributed by atoms with E-state index >= 15 is 0 Å². The first kappa shape index (κ1) is 78.8. The zero-order valence-corrected chi connectivity index (χ0v) is 29.1. The van der Waals surface area contributed by atoms with Gasteiger partial charge in [0.2, 0.25) is 0 Å². The minimum Gasteiger partial charge on any atom is -0.388 e. The molecule has 276 valence electrons. The number of hydrogen-bond donors (Lipinski definition) is 0. The van der Waals surface area contributed by atoms with Gasteiger partial charge < -0.3 is 14.2 Å². The molecule has 0 atom stereocenters. The molecule has 46 heavy (non-hydrogen) atoms. The Labute approximate surface area is 294 Å². The van der Waals surface area contributed by atoms with Crippen LogP contribution in [0, 0.1) is 0 Å². The lowest BCUT2D eigenvalue weighted by atomic mass is 10.4. The van der Waals surface area contributed by atoms with Crippen molar-refractivity contribution in [3.05, 3.63) is 146 Å². The maximum atomic E-state index is 4.25. The number of hydrogen-bond acceptors (Lipinski definition) is 3. The highest BCUT2D eigenvalue weighted by Crippen LogP contribution is 1.81. The Morgan fingerprint density at radius 1 is 0.174 bits per heavy atom. The van der Waals surface area contributed by atoms with Gasteiger partial charge in [0.1, 0.15) is 0 Å². The molecule has 0 spiro atoms. The fourth-order valence-corrected chi connectivity index (χ4v) is 1.54. The van der Waals surface area contributed by atoms with Gasteiger partial charge in [0.25, 0.3) is 0 Å². The third-order valence-electron chi connectivity index (χ3n) is 2.67. The van der Waals surface area contributed by atoms with E-state index in [4.69, 9.17) is 0 Å². The average molecular weight is 651 g/mol. The van der Waals surface area contributed by atoms with Crippen molar-refractivity contribution in [2.45, 2.75) is 92.5 Å². The molecule has 4 aromatic carbocycles. The molecule has 0 N–H and O–H groups in total. The minimum absolute atomic E-state index is 0. The maximum absolute atomic E-state index is 4.25. The van der Waals surface area contributed by atoms with Crippen molar-refractivity contribution in [1.82, 2.24) is 0 Å². The van der Waals surface area contributed by atoms with E-state index in [-0.39, 0.29) is 37.1 Å². The normalized spacial score (nSPS) is 5.87. The van der Waals surface area contributed by atoms with E-state index < -0.39 is 0 Å². The van der Waals surface area contributed by atoms with Gasteiger partial charge in [-0.3, -0.25) is 0 Å². The minimum atomic E-state index is 0. The van der Waals surface area contributed by atoms with Crippen molar-refractivity contribution in [2.24, 2.45) is 0 Å². The highest BCUT2D eigenvalue weighted by molar-refractivity contribution is 5.00. The molecule has 4 aromatic rings. The van der Waals surface area contributed by atoms with E-state index in [1.54, 1.807) is 42.7 Å². The van der Waals surface area contributed by atoms with E-state index in [2.05, 4.69) is 14.2 Å². The van der Waals surface area contributed by atoms with Crippen LogP contribution in [0.2, 0.25) is 0 Å². The molecule has 3 nitrogen and oxygen atoms in total. The van der Waals surface area contributed by atoms with Crippen LogP contribution < -0.4 is 0 Å². The van der Waals surface area contributed by atoms with E-state index in [9.17, 15) is 0 Å². The quantitative estimate of drug-likeness (QED) is 0.189. The first-order valence-corrected chi connectivity index (χ1v) is 14.4. The van der Waals surface area contributed by atoms with Crippen LogP contribution in [0.4, 0.5) is 0 Å². The molecule has 0 bridgehead atoms. The highest BCUT2D eigenvalue weighted by atomic mass is 16.5. The lowest BCUT2D eigenvalue weighted by Gasteiger charge is -1.69. The molecule has 0 heterocycles. The Balaban J connectivity index is -0.0000000282. The van der Waals surface area contributed by atoms with Gasteiger partial charge in [0.05, 0.1) is 0 Å². The fraction of sp³-hybridized carbons (Fsp3) is 0.442. The molecular formula is C43H86O3. The van der Waals surface area contributed by atoms with Gasteiger partial charge >= 0.3 is 0 Å². The van der Waals surface area contributed by atoms with Crippen LogP contribution in [0.5, 0.6) is 0 Å². The summed E-state index contributed by atoms with van der Waals surface area (Å²) in [5, 5.41) is 0. The first-order chi connectivity index (χ1) is 20.2. The molecule has 0 aliphatic heterocycles. The predicted molar refractivity (Wildman–Crippen MR) is 224 cm³/mol. The summed E-state index contributed by atoms with van der Waals surface area (Å²) in [7, 11) is 9.75. The summed E-state index contributed by atoms with van der Waals surface area (Å²) in [4.78, 5) is 0. The summed E-state index contributed by atoms with van der Waals surface area (Å²) in [6.07, 6.45) is 0. The van der Waals surface area contributed by atoms with E-state index in [1.165, 1.54) is 0 Å². The molecule has 0 radical (unpaired) electrons. The number of rotatable bonds is 0. The molecule has 0 saturated heterocycles. The Morgan fingerprint density at radius 3 is 0.217 bits per heavy atom. The lowest BCUT2D eigenvalue weighted by Crippen LogP contribution is -1.55. The van der Waals surface area contributed by atoms with Crippen LogP contribution in [-0.2, 0) is 14.2 Å². The molecular weight excluding hydrogens is 564 g/mol. The summed E-state index contributed by atoms with van der Waals surface area (Å²) < 4.78 is 12.8. The molecule has 0 saturated carbocycles. The van der Waals surface area contributed by atoms with Crippen molar-refractivity contribution < 1.29 is 14.2 Å². The largest absolute Gasteiger partial charge is 0.388 e. The summed E-state index contributed by atoms with van der Waals surface area (Å²) in [6.45, 7) is 16.0. The van der Waals surface area contributed by atoms with Crippen molar-refractivity contribution in [3.63, 3.8) is 0 Å². The molecule has 0 amide bonds. The number of ether oxygens (including phenoxy) is 3. The van der Waals surface area contributed by atoms with Crippen LogP contribution in [0.25, 0.3) is 0 Å². The Morgan fingerprint density at radius 2 is 0.196 bits per heavy atom. The fourth-order valence-electron chi connectivity index (χ4n) is 1.54. The van der Waals surface area contributed by atoms with Crippen LogP contribution in [0.3, 0.4) is 0 Å². The van der Waals surface area contributed by atoms with Gasteiger partial charge in [0, 0.05) is 42.7 Å². The average Bonchev–Trinajstić information content (AvgIpc) is 3.10. The summed E-state index contributed by atoms with van der Waals surface area (Å²) in [6, 6.07) is 48.0. The Hall–Kier alpha value is -3.24. The van der Waals surface area contributed by atoms with Crippen molar-refractivity contribution in [1.29, 1.82) is 0 Å². The van der Waals surface area contributed by atoms with Gasteiger partial charge in [-0.1, -0.05) is 238 Å². The summed E-state index contributed by atoms with van der Waals surface area (Å²) in [5.74, 6) is 0. The number of benzene rings is 4. The first-order valence-electron chi connectivity index (χ1n) is 14.4. The predicted octanol–water partition coefficient (Wildman–Crippen LogP) is 14.8. The monoisotopic (exact) mass is 651 g/mol. The van der Waals surface area contributed by atoms with Gasteiger partial charge in [-0.05, 0) is 0 Å². The van der Waals surface area contributed by atoms with Gasteiger partial charge in [-0.2, -0.15) is 0 Å². The smallest absolute Gasteiger partial charge is 0.0351 e. The second-order valence-electron chi connectivity index (χ2n) is 5.84. The second-order valence-corrected chi connectivity index (χ2v) is 5.84. The van der Waals surface area contributed by atoms with Crippen LogP contribution >= 0.6 is 0 Å². The lowest BCUT2D eigenvalue weighted by molar-refractivity contribution is 0.277. The second kappa shape index (κ2) is 123. The molecule has 0 unspecified atom stereocenters. The Bertz CT molecular complexity index is 470. The van der Waals surface area contributed by atoms with Crippen LogP contribution in [0.15, 0.2) is 146 Å². The van der Waals surface area contributed by atoms with E-state index in [0.29, 0.717) is 0 Å². The number of methoxy groups -OCH3 is 3. The molecule has 0 aliphatic rings. The van der Waals surface area contributed by atoms with Crippen molar-refractivity contribution in [3.8, 4) is 0 Å². The van der Waals surface area contributed by atoms with Gasteiger partial charge in [-0.25, -0.2) is 0 Å². The third kappa shape index (κ3) is 150. The topological polar surface area (TPSA) is 27.7 Å². The molecule has 3 heteroatoms. The van der Waals surface area contributed by atoms with E-state index in [1.807, 2.05) is 201 Å². The Kier molecular flexibility index (Phi) is 211. The highest BCUT2D eigenvalue weighted by Gasteiger charge is 1.59. The molecule has 0 aliphatic carbocycles. The van der Waals surface area contributed by atoms with E-state index in [0.717, 1.165) is 0 Å². The maximum Gasteiger partial charge on any atom is 0.0351 e. The standard InChI is InChI=1S/4C6H6.3C2H6O.4C2H6.5CH4/c4*1-2-4-6-5-3-1;3*1-3-2;4*1-2;;;;;/h4*1-6H;3*1-2H3;4*1-2H3;5*1H4. The van der Waals surface area contributed by atoms with Crippen molar-refractivity contribution in [2.75, 3.05) is 42.7 Å². The zero-order chi connectivity index (χ0) is 33.1. The van der Waals surface area contributed by atoms with Gasteiger partial charge in [-0.15, -0.1) is 0 Å².